The monoisotopic (exact) mass is 352 g/mol. The highest BCUT2D eigenvalue weighted by molar-refractivity contribution is 5.78. The van der Waals surface area contributed by atoms with Gasteiger partial charge in [0.15, 0.2) is 0 Å². The first-order valence-corrected chi connectivity index (χ1v) is 10.3. The van der Waals surface area contributed by atoms with Crippen LogP contribution in [0.3, 0.4) is 0 Å². The molecule has 0 amide bonds. The summed E-state index contributed by atoms with van der Waals surface area (Å²) in [4.78, 5) is 23.1. The third kappa shape index (κ3) is 14.9. The van der Waals surface area contributed by atoms with Gasteiger partial charge in [-0.05, 0) is 59.3 Å². The third-order valence-corrected chi connectivity index (χ3v) is 4.75. The number of allylic oxidation sites excluding steroid dienone is 2. The molecular formula is C22H40O3. The van der Waals surface area contributed by atoms with E-state index in [0.717, 1.165) is 44.9 Å². The molecule has 0 rings (SSSR count). The molecule has 0 radical (unpaired) electrons. The maximum absolute atomic E-state index is 11.8. The predicted octanol–water partition coefficient (Wildman–Crippen LogP) is 6.40. The first kappa shape index (κ1) is 23.9. The van der Waals surface area contributed by atoms with E-state index in [1.54, 1.807) is 6.92 Å². The van der Waals surface area contributed by atoms with Crippen molar-refractivity contribution in [1.82, 2.24) is 0 Å². The lowest BCUT2D eigenvalue weighted by Gasteiger charge is -2.13. The molecule has 0 heterocycles. The molecule has 0 aromatic rings. The van der Waals surface area contributed by atoms with Gasteiger partial charge in [-0.25, -0.2) is 0 Å². The Labute approximate surface area is 155 Å². The van der Waals surface area contributed by atoms with Crippen molar-refractivity contribution in [3.63, 3.8) is 0 Å². The molecule has 1 atom stereocenters. The van der Waals surface area contributed by atoms with Crippen LogP contribution in [0.5, 0.6) is 0 Å². The van der Waals surface area contributed by atoms with Crippen molar-refractivity contribution < 1.29 is 14.3 Å². The summed E-state index contributed by atoms with van der Waals surface area (Å²) in [7, 11) is 0. The molecule has 0 saturated heterocycles. The molecule has 0 aromatic heterocycles. The second kappa shape index (κ2) is 16.4. The Balaban J connectivity index is 3.86. The molecule has 146 valence electrons. The van der Waals surface area contributed by atoms with Crippen LogP contribution in [-0.2, 0) is 14.3 Å². The molecule has 0 spiro atoms. The van der Waals surface area contributed by atoms with Crippen LogP contribution in [0.1, 0.15) is 105 Å². The van der Waals surface area contributed by atoms with Gasteiger partial charge in [0.2, 0.25) is 0 Å². The topological polar surface area (TPSA) is 43.4 Å². The second-order valence-corrected chi connectivity index (χ2v) is 7.15. The molecule has 1 unspecified atom stereocenters. The third-order valence-electron chi connectivity index (χ3n) is 4.75. The van der Waals surface area contributed by atoms with Crippen LogP contribution in [-0.4, -0.2) is 18.4 Å². The number of unbranched alkanes of at least 4 members (excludes halogenated alkanes) is 5. The van der Waals surface area contributed by atoms with Crippen molar-refractivity contribution in [2.45, 2.75) is 105 Å². The molecule has 0 fully saturated rings. The quantitative estimate of drug-likeness (QED) is 0.183. The second-order valence-electron chi connectivity index (χ2n) is 7.15. The SMILES string of the molecule is CCCCCC(C)=CCCC(CCCCCCC(=O)OCC)C(C)=O. The number of rotatable bonds is 16. The van der Waals surface area contributed by atoms with E-state index in [2.05, 4.69) is 19.9 Å². The summed E-state index contributed by atoms with van der Waals surface area (Å²) in [5, 5.41) is 0. The highest BCUT2D eigenvalue weighted by Crippen LogP contribution is 2.19. The zero-order valence-corrected chi connectivity index (χ0v) is 17.1. The van der Waals surface area contributed by atoms with Gasteiger partial charge >= 0.3 is 5.97 Å². The van der Waals surface area contributed by atoms with Crippen molar-refractivity contribution in [2.24, 2.45) is 5.92 Å². The Hall–Kier alpha value is -1.12. The first-order chi connectivity index (χ1) is 12.0. The number of hydrogen-bond donors (Lipinski definition) is 0. The highest BCUT2D eigenvalue weighted by Gasteiger charge is 2.13. The molecule has 3 nitrogen and oxygen atoms in total. The van der Waals surface area contributed by atoms with E-state index in [1.807, 2.05) is 6.92 Å². The molecule has 0 aliphatic rings. The number of ketones is 1. The summed E-state index contributed by atoms with van der Waals surface area (Å²) in [6.45, 7) is 8.46. The zero-order chi connectivity index (χ0) is 18.9. The van der Waals surface area contributed by atoms with E-state index < -0.39 is 0 Å². The summed E-state index contributed by atoms with van der Waals surface area (Å²) < 4.78 is 4.92. The van der Waals surface area contributed by atoms with Crippen LogP contribution in [0.25, 0.3) is 0 Å². The van der Waals surface area contributed by atoms with Crippen LogP contribution in [0.4, 0.5) is 0 Å². The Bertz CT molecular complexity index is 385. The molecular weight excluding hydrogens is 312 g/mol. The number of esters is 1. The van der Waals surface area contributed by atoms with Gasteiger partial charge in [0.1, 0.15) is 5.78 Å². The van der Waals surface area contributed by atoms with E-state index in [9.17, 15) is 9.59 Å². The maximum atomic E-state index is 11.8. The van der Waals surface area contributed by atoms with Crippen LogP contribution >= 0.6 is 0 Å². The summed E-state index contributed by atoms with van der Waals surface area (Å²) in [5.74, 6) is 0.429. The Kier molecular flexibility index (Phi) is 15.6. The fraction of sp³-hybridized carbons (Fsp3) is 0.818. The fourth-order valence-electron chi connectivity index (χ4n) is 3.08. The number of Topliss-reactive ketones (excluding diaryl/α,β-unsaturated/α-hetero) is 1. The molecule has 3 heteroatoms. The fourth-order valence-corrected chi connectivity index (χ4v) is 3.08. The van der Waals surface area contributed by atoms with Crippen LogP contribution in [0.15, 0.2) is 11.6 Å². The van der Waals surface area contributed by atoms with Crippen LogP contribution < -0.4 is 0 Å². The molecule has 0 bridgehead atoms. The zero-order valence-electron chi connectivity index (χ0n) is 17.1. The Morgan fingerprint density at radius 1 is 0.880 bits per heavy atom. The van der Waals surface area contributed by atoms with Gasteiger partial charge in [0.25, 0.3) is 0 Å². The van der Waals surface area contributed by atoms with Gasteiger partial charge in [0.05, 0.1) is 6.61 Å². The molecule has 0 aliphatic carbocycles. The minimum atomic E-state index is -0.0924. The van der Waals surface area contributed by atoms with Crippen molar-refractivity contribution >= 4 is 11.8 Å². The molecule has 0 N–H and O–H groups in total. The standard InChI is InChI=1S/C22H40O3/c1-5-7-10-14-19(3)15-13-17-21(20(4)23)16-11-8-9-12-18-22(24)25-6-2/h15,21H,5-14,16-18H2,1-4H3. The summed E-state index contributed by atoms with van der Waals surface area (Å²) in [5.41, 5.74) is 1.47. The van der Waals surface area contributed by atoms with Gasteiger partial charge in [-0.15, -0.1) is 0 Å². The lowest BCUT2D eigenvalue weighted by molar-refractivity contribution is -0.143. The number of ether oxygens (including phenoxy) is 1. The number of hydrogen-bond acceptors (Lipinski definition) is 3. The minimum absolute atomic E-state index is 0.0924. The van der Waals surface area contributed by atoms with Crippen LogP contribution in [0, 0.1) is 5.92 Å². The van der Waals surface area contributed by atoms with Crippen LogP contribution in [0.2, 0.25) is 0 Å². The average molecular weight is 353 g/mol. The molecule has 0 aromatic carbocycles. The van der Waals surface area contributed by atoms with Gasteiger partial charge in [-0.3, -0.25) is 9.59 Å². The number of carbonyl (C=O) groups excluding carboxylic acids is 2. The smallest absolute Gasteiger partial charge is 0.305 e. The summed E-state index contributed by atoms with van der Waals surface area (Å²) >= 11 is 0. The van der Waals surface area contributed by atoms with E-state index in [4.69, 9.17) is 4.74 Å². The molecule has 25 heavy (non-hydrogen) atoms. The maximum Gasteiger partial charge on any atom is 0.305 e. The predicted molar refractivity (Wildman–Crippen MR) is 106 cm³/mol. The van der Waals surface area contributed by atoms with E-state index in [1.165, 1.54) is 31.3 Å². The van der Waals surface area contributed by atoms with Crippen molar-refractivity contribution in [3.8, 4) is 0 Å². The summed E-state index contributed by atoms with van der Waals surface area (Å²) in [6.07, 6.45) is 15.0. The lowest BCUT2D eigenvalue weighted by Crippen LogP contribution is -2.10. The Morgan fingerprint density at radius 3 is 2.20 bits per heavy atom. The summed E-state index contributed by atoms with van der Waals surface area (Å²) in [6, 6.07) is 0. The number of carbonyl (C=O) groups is 2. The van der Waals surface area contributed by atoms with Gasteiger partial charge in [0, 0.05) is 12.3 Å². The first-order valence-electron chi connectivity index (χ1n) is 10.3. The lowest BCUT2D eigenvalue weighted by atomic mass is 9.92. The van der Waals surface area contributed by atoms with Crippen molar-refractivity contribution in [1.29, 1.82) is 0 Å². The molecule has 0 saturated carbocycles. The van der Waals surface area contributed by atoms with E-state index in [-0.39, 0.29) is 11.9 Å². The van der Waals surface area contributed by atoms with Crippen molar-refractivity contribution in [2.75, 3.05) is 6.61 Å². The molecule has 0 aliphatic heterocycles. The van der Waals surface area contributed by atoms with E-state index in [0.29, 0.717) is 18.8 Å². The van der Waals surface area contributed by atoms with Gasteiger partial charge in [-0.2, -0.15) is 0 Å². The normalized spacial score (nSPS) is 12.9. The highest BCUT2D eigenvalue weighted by atomic mass is 16.5. The van der Waals surface area contributed by atoms with Crippen molar-refractivity contribution in [3.05, 3.63) is 11.6 Å². The minimum Gasteiger partial charge on any atom is -0.466 e. The van der Waals surface area contributed by atoms with Gasteiger partial charge < -0.3 is 4.74 Å². The van der Waals surface area contributed by atoms with E-state index >= 15 is 0 Å². The largest absolute Gasteiger partial charge is 0.466 e. The average Bonchev–Trinajstić information content (AvgIpc) is 2.56. The Morgan fingerprint density at radius 2 is 1.56 bits per heavy atom. The van der Waals surface area contributed by atoms with Gasteiger partial charge in [-0.1, -0.05) is 50.7 Å².